The van der Waals surface area contributed by atoms with Crippen molar-refractivity contribution < 1.29 is 0 Å². The monoisotopic (exact) mass is 122 g/mol. The normalized spacial score (nSPS) is 10.8. The summed E-state index contributed by atoms with van der Waals surface area (Å²) < 4.78 is 2.00. The molecule has 1 rings (SSSR count). The molecule has 0 unspecified atom stereocenters. The summed E-state index contributed by atoms with van der Waals surface area (Å²) in [5, 5.41) is 0. The Kier molecular flexibility index (Phi) is 1.58. The molecular weight excluding hydrogens is 112 g/mol. The summed E-state index contributed by atoms with van der Waals surface area (Å²) in [4.78, 5) is 0. The minimum atomic E-state index is 1.12. The second-order valence-corrected chi connectivity index (χ2v) is 1.90. The quantitative estimate of drug-likeness (QED) is 0.590. The molecule has 0 saturated heterocycles. The van der Waals surface area contributed by atoms with Crippen molar-refractivity contribution in [3.8, 4) is 0 Å². The molecule has 0 spiro atoms. The van der Waals surface area contributed by atoms with E-state index < -0.39 is 0 Å². The highest BCUT2D eigenvalue weighted by Crippen LogP contribution is 1.99. The molecule has 2 N–H and O–H groups in total. The Labute approximate surface area is 54.6 Å². The number of nitrogens with zero attached hydrogens (tertiary/aromatic N) is 1. The van der Waals surface area contributed by atoms with Crippen molar-refractivity contribution in [1.82, 2.24) is 4.57 Å². The molecule has 0 saturated carbocycles. The highest BCUT2D eigenvalue weighted by atomic mass is 14.9. The van der Waals surface area contributed by atoms with Gasteiger partial charge in [0.25, 0.3) is 0 Å². The average molecular weight is 122 g/mol. The summed E-state index contributed by atoms with van der Waals surface area (Å²) in [6, 6.07) is 3.98. The van der Waals surface area contributed by atoms with Gasteiger partial charge >= 0.3 is 0 Å². The van der Waals surface area contributed by atoms with Crippen LogP contribution in [-0.4, -0.2) is 4.57 Å². The Morgan fingerprint density at radius 1 is 1.67 bits per heavy atom. The predicted octanol–water partition coefficient (Wildman–Crippen LogP) is 0.954. The molecule has 2 nitrogen and oxygen atoms in total. The van der Waals surface area contributed by atoms with Crippen molar-refractivity contribution in [2.24, 2.45) is 12.8 Å². The third-order valence-electron chi connectivity index (χ3n) is 1.25. The molecule has 1 aromatic heterocycles. The first-order chi connectivity index (χ1) is 4.34. The zero-order valence-electron chi connectivity index (χ0n) is 5.41. The van der Waals surface area contributed by atoms with E-state index in [9.17, 15) is 0 Å². The van der Waals surface area contributed by atoms with E-state index in [4.69, 9.17) is 5.73 Å². The van der Waals surface area contributed by atoms with Crippen molar-refractivity contribution in [3.05, 3.63) is 30.2 Å². The summed E-state index contributed by atoms with van der Waals surface area (Å²) in [7, 11) is 1.98. The predicted molar refractivity (Wildman–Crippen MR) is 38.6 cm³/mol. The van der Waals surface area contributed by atoms with Crippen molar-refractivity contribution in [3.63, 3.8) is 0 Å². The number of nitrogens with two attached hydrogens (primary N) is 1. The zero-order valence-corrected chi connectivity index (χ0v) is 5.41. The Morgan fingerprint density at radius 2 is 2.44 bits per heavy atom. The van der Waals surface area contributed by atoms with Gasteiger partial charge in [-0.1, -0.05) is 0 Å². The van der Waals surface area contributed by atoms with Crippen LogP contribution in [0.4, 0.5) is 0 Å². The Balaban J connectivity index is 2.94. The summed E-state index contributed by atoms with van der Waals surface area (Å²) in [5.41, 5.74) is 6.32. The van der Waals surface area contributed by atoms with Gasteiger partial charge in [-0.15, -0.1) is 0 Å². The molecule has 0 aromatic carbocycles. The van der Waals surface area contributed by atoms with E-state index in [1.807, 2.05) is 36.0 Å². The molecule has 0 radical (unpaired) electrons. The van der Waals surface area contributed by atoms with Gasteiger partial charge in [0, 0.05) is 18.9 Å². The molecule has 1 heterocycles. The lowest BCUT2D eigenvalue weighted by atomic mass is 10.4. The molecule has 0 fully saturated rings. The molecule has 0 bridgehead atoms. The lowest BCUT2D eigenvalue weighted by Crippen LogP contribution is -1.87. The lowest BCUT2D eigenvalue weighted by molar-refractivity contribution is 0.914. The second kappa shape index (κ2) is 2.40. The summed E-state index contributed by atoms with van der Waals surface area (Å²) in [5.74, 6) is 0. The molecule has 0 aliphatic heterocycles. The van der Waals surface area contributed by atoms with E-state index in [1.165, 1.54) is 6.20 Å². The number of aryl methyl sites for hydroxylation is 1. The van der Waals surface area contributed by atoms with Crippen LogP contribution in [0.1, 0.15) is 5.69 Å². The minimum absolute atomic E-state index is 1.12. The average Bonchev–Trinajstić information content (AvgIpc) is 2.18. The summed E-state index contributed by atoms with van der Waals surface area (Å²) in [6.07, 6.45) is 5.38. The fourth-order valence-corrected chi connectivity index (χ4v) is 0.746. The summed E-state index contributed by atoms with van der Waals surface area (Å²) in [6.45, 7) is 0. The van der Waals surface area contributed by atoms with E-state index >= 15 is 0 Å². The molecule has 2 heteroatoms. The number of rotatable bonds is 1. The van der Waals surface area contributed by atoms with Crippen LogP contribution >= 0.6 is 0 Å². The van der Waals surface area contributed by atoms with E-state index in [-0.39, 0.29) is 0 Å². The molecule has 48 valence electrons. The van der Waals surface area contributed by atoms with Crippen LogP contribution in [0.25, 0.3) is 6.08 Å². The molecule has 0 amide bonds. The number of aromatic nitrogens is 1. The maximum absolute atomic E-state index is 5.19. The van der Waals surface area contributed by atoms with Crippen LogP contribution in [0, 0.1) is 0 Å². The molecular formula is C7H10N2. The van der Waals surface area contributed by atoms with Gasteiger partial charge in [0.15, 0.2) is 0 Å². The SMILES string of the molecule is Cn1cccc1/C=C/N. The van der Waals surface area contributed by atoms with Crippen LogP contribution in [-0.2, 0) is 7.05 Å². The van der Waals surface area contributed by atoms with Crippen molar-refractivity contribution in [2.45, 2.75) is 0 Å². The second-order valence-electron chi connectivity index (χ2n) is 1.90. The third kappa shape index (κ3) is 1.13. The standard InChI is InChI=1S/C7H10N2/c1-9-6-2-3-7(9)4-5-8/h2-6H,8H2,1H3/b5-4+. The van der Waals surface area contributed by atoms with Gasteiger partial charge in [-0.25, -0.2) is 0 Å². The molecule has 1 aromatic rings. The fourth-order valence-electron chi connectivity index (χ4n) is 0.746. The largest absolute Gasteiger partial charge is 0.405 e. The van der Waals surface area contributed by atoms with Crippen LogP contribution in [0.15, 0.2) is 24.5 Å². The van der Waals surface area contributed by atoms with Gasteiger partial charge in [-0.3, -0.25) is 0 Å². The maximum Gasteiger partial charge on any atom is 0.0418 e. The van der Waals surface area contributed by atoms with Gasteiger partial charge in [0.2, 0.25) is 0 Å². The lowest BCUT2D eigenvalue weighted by Gasteiger charge is -1.92. The van der Waals surface area contributed by atoms with Crippen LogP contribution < -0.4 is 5.73 Å². The first kappa shape index (κ1) is 5.95. The van der Waals surface area contributed by atoms with Gasteiger partial charge in [-0.2, -0.15) is 0 Å². The van der Waals surface area contributed by atoms with E-state index in [0.717, 1.165) is 5.69 Å². The van der Waals surface area contributed by atoms with E-state index in [1.54, 1.807) is 0 Å². The van der Waals surface area contributed by atoms with Crippen LogP contribution in [0.5, 0.6) is 0 Å². The van der Waals surface area contributed by atoms with Gasteiger partial charge < -0.3 is 10.3 Å². The Hall–Kier alpha value is -1.18. The van der Waals surface area contributed by atoms with Crippen molar-refractivity contribution in [2.75, 3.05) is 0 Å². The smallest absolute Gasteiger partial charge is 0.0418 e. The Morgan fingerprint density at radius 3 is 2.89 bits per heavy atom. The molecule has 0 atom stereocenters. The zero-order chi connectivity index (χ0) is 6.69. The highest BCUT2D eigenvalue weighted by molar-refractivity contribution is 5.44. The Bertz CT molecular complexity index is 210. The fraction of sp³-hybridized carbons (Fsp3) is 0.143. The number of hydrogen-bond donors (Lipinski definition) is 1. The van der Waals surface area contributed by atoms with Crippen molar-refractivity contribution >= 4 is 6.08 Å². The molecule has 0 aliphatic rings. The van der Waals surface area contributed by atoms with Gasteiger partial charge in [0.1, 0.15) is 0 Å². The van der Waals surface area contributed by atoms with Gasteiger partial charge in [-0.05, 0) is 24.4 Å². The van der Waals surface area contributed by atoms with E-state index in [2.05, 4.69) is 0 Å². The topological polar surface area (TPSA) is 30.9 Å². The first-order valence-corrected chi connectivity index (χ1v) is 2.84. The minimum Gasteiger partial charge on any atom is -0.405 e. The first-order valence-electron chi connectivity index (χ1n) is 2.84. The van der Waals surface area contributed by atoms with E-state index in [0.29, 0.717) is 0 Å². The van der Waals surface area contributed by atoms with Crippen LogP contribution in [0.3, 0.4) is 0 Å². The number of hydrogen-bond acceptors (Lipinski definition) is 1. The molecule has 0 aliphatic carbocycles. The third-order valence-corrected chi connectivity index (χ3v) is 1.25. The molecule has 9 heavy (non-hydrogen) atoms. The van der Waals surface area contributed by atoms with Crippen molar-refractivity contribution in [1.29, 1.82) is 0 Å². The summed E-state index contributed by atoms with van der Waals surface area (Å²) >= 11 is 0. The van der Waals surface area contributed by atoms with Gasteiger partial charge in [0.05, 0.1) is 0 Å². The maximum atomic E-state index is 5.19. The van der Waals surface area contributed by atoms with Crippen LogP contribution in [0.2, 0.25) is 0 Å². The highest BCUT2D eigenvalue weighted by Gasteiger charge is 1.86.